The van der Waals surface area contributed by atoms with E-state index in [1.807, 2.05) is 0 Å². The van der Waals surface area contributed by atoms with E-state index < -0.39 is 166 Å². The molecule has 0 radical (unpaired) electrons. The Morgan fingerprint density at radius 2 is 1.07 bits per heavy atom. The molecule has 0 spiro atoms. The zero-order valence-corrected chi connectivity index (χ0v) is 71.3. The second kappa shape index (κ2) is 35.4. The van der Waals surface area contributed by atoms with Gasteiger partial charge in [-0.3, -0.25) is 24.2 Å². The number of rotatable bonds is 25. The molecule has 4 aromatic carbocycles. The molecule has 0 N–H and O–H groups in total. The number of furan rings is 2. The summed E-state index contributed by atoms with van der Waals surface area (Å²) in [7, 11) is -28.2. The second-order valence-electron chi connectivity index (χ2n) is 20.0. The molecule has 6 heterocycles. The van der Waals surface area contributed by atoms with E-state index >= 15 is 0 Å². The first-order valence-corrected chi connectivity index (χ1v) is 34.1. The minimum Gasteiger partial charge on any atom is -0.744 e. The van der Waals surface area contributed by atoms with Crippen molar-refractivity contribution in [1.29, 1.82) is 0 Å². The number of hydroxylamine groups is 4. The minimum absolute atomic E-state index is 0. The van der Waals surface area contributed by atoms with Gasteiger partial charge in [0.05, 0.1) is 49.9 Å². The van der Waals surface area contributed by atoms with Crippen LogP contribution in [-0.4, -0.2) is 117 Å². The van der Waals surface area contributed by atoms with Gasteiger partial charge < -0.3 is 60.6 Å². The standard InChI is InChI=1S/C51H44N4O30S6.5K/c56-36-14-15-37(57)54(36)82-42(60)12-6-2-8-18-52-30-24-32-44(28-20-26(86-85-84-62)21-34(46(28)78-32)88(66,67)68)50(90(72,73)74)48(30)80-40(52)10-4-1-5-11-41-53(19-9-3-7-13-43(61)83-55-38(58)16-17-39(55)59)31-25-33-45(51(49(31)81-41)91(75,76)77)29-22-27(87(63,64)65)23-35(47(29)79-33)89(69,70)71;;;;;/h1,4-5,10-11,20-25H,2-3,6-9,12-19H2,(H5-,62,63,64,65,66,67,68,69,70,71,72,73,74,75,76,77);;;;;/q;5*+1/p-5. The molecule has 484 valence electrons. The third-order valence-electron chi connectivity index (χ3n) is 14.0. The first-order chi connectivity index (χ1) is 42.7. The fraction of sp³-hybridized carbons (Fsp3) is 0.275. The number of imide groups is 2. The Bertz CT molecular complexity index is 4980. The van der Waals surface area contributed by atoms with Crippen molar-refractivity contribution in [3.05, 3.63) is 72.5 Å². The Kier molecular flexibility index (Phi) is 31.9. The predicted octanol–water partition coefficient (Wildman–Crippen LogP) is -12.1. The number of nitrogens with zero attached hydrogens (tertiary/aromatic N) is 4. The van der Waals surface area contributed by atoms with E-state index in [0.29, 0.717) is 16.2 Å². The van der Waals surface area contributed by atoms with Gasteiger partial charge in [0.15, 0.2) is 23.5 Å². The van der Waals surface area contributed by atoms with Crippen LogP contribution in [0.2, 0.25) is 0 Å². The van der Waals surface area contributed by atoms with Gasteiger partial charge in [0.25, 0.3) is 29.1 Å². The van der Waals surface area contributed by atoms with Crippen molar-refractivity contribution in [3.63, 3.8) is 0 Å². The molecule has 4 amide bonds. The van der Waals surface area contributed by atoms with Crippen LogP contribution in [0.1, 0.15) is 82.9 Å². The van der Waals surface area contributed by atoms with Crippen LogP contribution in [-0.2, 0) is 105 Å². The van der Waals surface area contributed by atoms with Crippen molar-refractivity contribution >= 4 is 165 Å². The van der Waals surface area contributed by atoms with E-state index in [4.69, 9.17) is 27.7 Å². The van der Waals surface area contributed by atoms with Crippen LogP contribution in [0.3, 0.4) is 0 Å². The molecule has 96 heavy (non-hydrogen) atoms. The Hall–Kier alpha value is -0.0482. The molecular formula is C51H39K5N4O30S6. The molecule has 34 nitrogen and oxygen atoms in total. The van der Waals surface area contributed by atoms with E-state index in [9.17, 15) is 98.9 Å². The largest absolute Gasteiger partial charge is 1.00 e. The number of aryl methyl sites for hydroxylation is 1. The summed E-state index contributed by atoms with van der Waals surface area (Å²) in [4.78, 5) is 77.7. The quantitative estimate of drug-likeness (QED) is 0.00590. The molecular weight excluding hydrogens is 1540 g/mol. The van der Waals surface area contributed by atoms with E-state index in [0.717, 1.165) is 24.3 Å². The Morgan fingerprint density at radius 3 is 1.59 bits per heavy atom. The summed E-state index contributed by atoms with van der Waals surface area (Å²) in [5.74, 6) is -5.80. The summed E-state index contributed by atoms with van der Waals surface area (Å²) in [5.41, 5.74) is -3.90. The average molecular weight is 1580 g/mol. The SMILES string of the molecule is O=C(CCCCCN1/C(=C/C=C/C=C/c2oc3c(S(=O)(=O)[O-])c4c(cc3[n+]2CCCCCC(=O)ON2C(=O)CCC2=O)oc2c(S(=O)(=O)[O-])cc(S(=O)(=O)[O-])cc24)Oc2c1cc1oc3c(S(=O)(=O)[O-])cc(SOO[O-])cc3c1c2S(=O)(=O)[O-])ON1C(=O)CCC1=O.[K+].[K+].[K+].[K+].[K+]. The number of allylic oxidation sites excluding steroid dienone is 4. The zero-order valence-electron chi connectivity index (χ0n) is 50.7. The molecule has 3 aliphatic rings. The monoisotopic (exact) mass is 1570 g/mol. The number of amides is 4. The number of unbranched alkanes of at least 4 members (excludes halogenated alkanes) is 4. The van der Waals surface area contributed by atoms with E-state index in [1.165, 1.54) is 39.8 Å². The van der Waals surface area contributed by atoms with Crippen LogP contribution in [0.15, 0.2) is 109 Å². The van der Waals surface area contributed by atoms with Gasteiger partial charge in [-0.15, -0.1) is 10.1 Å². The molecule has 2 fully saturated rings. The van der Waals surface area contributed by atoms with Gasteiger partial charge >= 0.3 is 275 Å². The number of hydrogen-bond acceptors (Lipinski definition) is 32. The number of benzene rings is 4. The number of oxazole rings is 1. The third-order valence-corrected chi connectivity index (χ3v) is 18.8. The second-order valence-corrected chi connectivity index (χ2v) is 27.4. The molecule has 3 aliphatic heterocycles. The molecule has 0 aliphatic carbocycles. The molecule has 0 atom stereocenters. The van der Waals surface area contributed by atoms with Crippen molar-refractivity contribution in [2.75, 3.05) is 11.4 Å². The Morgan fingerprint density at radius 1 is 0.562 bits per heavy atom. The van der Waals surface area contributed by atoms with Crippen molar-refractivity contribution in [2.24, 2.45) is 0 Å². The Balaban J connectivity index is 0.00000333. The summed E-state index contributed by atoms with van der Waals surface area (Å²) in [6.07, 6.45) is 5.88. The number of fused-ring (bicyclic) bond motifs is 8. The summed E-state index contributed by atoms with van der Waals surface area (Å²) in [6, 6.07) is 4.66. The summed E-state index contributed by atoms with van der Waals surface area (Å²) < 4.78 is 220. The maximum absolute atomic E-state index is 13.4. The smallest absolute Gasteiger partial charge is 0.744 e. The van der Waals surface area contributed by atoms with Gasteiger partial charge in [-0.25, -0.2) is 51.7 Å². The third kappa shape index (κ3) is 19.5. The van der Waals surface area contributed by atoms with Gasteiger partial charge in [0, 0.05) is 78.6 Å². The molecule has 0 bridgehead atoms. The fourth-order valence-electron chi connectivity index (χ4n) is 10.2. The average Bonchev–Trinajstić information content (AvgIpc) is 1.55. The summed E-state index contributed by atoms with van der Waals surface area (Å²) in [6.45, 7) is -0.289. The van der Waals surface area contributed by atoms with E-state index in [2.05, 4.69) is 9.37 Å². The number of hydrogen-bond donors (Lipinski definition) is 0. The number of carbonyl (C=O) groups excluding carboxylic acids is 6. The predicted molar refractivity (Wildman–Crippen MR) is 291 cm³/mol. The summed E-state index contributed by atoms with van der Waals surface area (Å²) in [5, 5.41) is 12.1. The summed E-state index contributed by atoms with van der Waals surface area (Å²) >= 11 is 0.107. The van der Waals surface area contributed by atoms with Gasteiger partial charge in [0.2, 0.25) is 11.5 Å². The van der Waals surface area contributed by atoms with Crippen LogP contribution in [0.25, 0.3) is 61.1 Å². The van der Waals surface area contributed by atoms with Gasteiger partial charge in [0.1, 0.15) is 71.5 Å². The topological polar surface area (TPSA) is 511 Å². The molecule has 45 heteroatoms. The number of ether oxygens (including phenoxy) is 1. The van der Waals surface area contributed by atoms with Gasteiger partial charge in [-0.05, 0) is 56.0 Å². The van der Waals surface area contributed by atoms with Gasteiger partial charge in [-0.1, -0.05) is 24.6 Å². The molecule has 10 rings (SSSR count). The number of carbonyl (C=O) groups is 6. The Labute approximate surface area is 760 Å². The van der Waals surface area contributed by atoms with E-state index in [1.54, 1.807) is 0 Å². The van der Waals surface area contributed by atoms with Crippen LogP contribution in [0.5, 0.6) is 5.75 Å². The molecule has 3 aromatic heterocycles. The maximum Gasteiger partial charge on any atom is 1.00 e. The van der Waals surface area contributed by atoms with Gasteiger partial charge in [-0.2, -0.15) is 8.90 Å². The number of aromatic nitrogens is 1. The van der Waals surface area contributed by atoms with Crippen LogP contribution >= 0.6 is 12.0 Å². The van der Waals surface area contributed by atoms with Crippen LogP contribution in [0.4, 0.5) is 5.69 Å². The van der Waals surface area contributed by atoms with Crippen LogP contribution < -0.4 is 276 Å². The molecule has 0 saturated carbocycles. The molecule has 2 saturated heterocycles. The van der Waals surface area contributed by atoms with E-state index in [-0.39, 0.29) is 393 Å². The zero-order chi connectivity index (χ0) is 65.9. The molecule has 0 unspecified atom stereocenters. The first-order valence-electron chi connectivity index (χ1n) is 26.3. The van der Waals surface area contributed by atoms with Crippen molar-refractivity contribution in [1.82, 2.24) is 10.1 Å². The first kappa shape index (κ1) is 86.6. The van der Waals surface area contributed by atoms with Crippen LogP contribution in [0, 0.1) is 0 Å². The molecule has 7 aromatic rings. The normalized spacial score (nSPS) is 15.1. The van der Waals surface area contributed by atoms with Crippen molar-refractivity contribution in [2.45, 2.75) is 113 Å². The fourth-order valence-corrected chi connectivity index (χ4v) is 14.3. The number of anilines is 1. The van der Waals surface area contributed by atoms with Crippen molar-refractivity contribution < 1.29 is 397 Å². The maximum atomic E-state index is 13.4. The minimum atomic E-state index is -5.81. The van der Waals surface area contributed by atoms with Crippen molar-refractivity contribution in [3.8, 4) is 5.75 Å².